The fraction of sp³-hybridized carbons (Fsp3) is 1.00. The van der Waals surface area contributed by atoms with Crippen LogP contribution in [0.3, 0.4) is 0 Å². The van der Waals surface area contributed by atoms with Crippen LogP contribution in [0.4, 0.5) is 13.2 Å². The zero-order valence-electron chi connectivity index (χ0n) is 10.8. The van der Waals surface area contributed by atoms with Crippen molar-refractivity contribution in [2.45, 2.75) is 64.1 Å². The number of rotatable bonds is 5. The summed E-state index contributed by atoms with van der Waals surface area (Å²) in [6.07, 6.45) is 1.03. The molecule has 1 aliphatic carbocycles. The molecule has 0 aromatic rings. The third kappa shape index (κ3) is 5.75. The highest BCUT2D eigenvalue weighted by atomic mass is 19.4. The molecule has 1 atom stereocenters. The Balaban J connectivity index is 2.28. The lowest BCUT2D eigenvalue weighted by Gasteiger charge is -2.32. The lowest BCUT2D eigenvalue weighted by Crippen LogP contribution is -2.35. The average Bonchev–Trinajstić information content (AvgIpc) is 2.24. The molecule has 0 radical (unpaired) electrons. The van der Waals surface area contributed by atoms with Gasteiger partial charge in [-0.2, -0.15) is 13.2 Å². The lowest BCUT2D eigenvalue weighted by molar-refractivity contribution is -0.136. The summed E-state index contributed by atoms with van der Waals surface area (Å²) in [7, 11) is 1.87. The van der Waals surface area contributed by atoms with Crippen LogP contribution in [0.1, 0.15) is 51.9 Å². The van der Waals surface area contributed by atoms with E-state index in [1.807, 2.05) is 7.05 Å². The van der Waals surface area contributed by atoms with Gasteiger partial charge in [0.05, 0.1) is 0 Å². The molecule has 0 amide bonds. The van der Waals surface area contributed by atoms with Crippen molar-refractivity contribution in [1.82, 2.24) is 5.32 Å². The van der Waals surface area contributed by atoms with Gasteiger partial charge in [0.15, 0.2) is 0 Å². The van der Waals surface area contributed by atoms with E-state index in [2.05, 4.69) is 12.2 Å². The molecule has 17 heavy (non-hydrogen) atoms. The van der Waals surface area contributed by atoms with Crippen LogP contribution < -0.4 is 5.32 Å². The van der Waals surface area contributed by atoms with Crippen molar-refractivity contribution >= 4 is 0 Å². The number of hydrogen-bond acceptors (Lipinski definition) is 1. The Morgan fingerprint density at radius 3 is 2.24 bits per heavy atom. The third-order valence-electron chi connectivity index (χ3n) is 3.98. The van der Waals surface area contributed by atoms with Crippen molar-refractivity contribution in [2.24, 2.45) is 11.8 Å². The zero-order valence-corrected chi connectivity index (χ0v) is 10.8. The molecule has 0 heterocycles. The van der Waals surface area contributed by atoms with Crippen LogP contribution >= 0.6 is 0 Å². The van der Waals surface area contributed by atoms with Crippen molar-refractivity contribution in [3.8, 4) is 0 Å². The Bertz CT molecular complexity index is 207. The normalized spacial score (nSPS) is 28.1. The highest BCUT2D eigenvalue weighted by Gasteiger charge is 2.29. The molecule has 0 bridgehead atoms. The molecule has 1 saturated carbocycles. The van der Waals surface area contributed by atoms with Crippen molar-refractivity contribution in [1.29, 1.82) is 0 Å². The predicted octanol–water partition coefficient (Wildman–Crippen LogP) is 4.13. The van der Waals surface area contributed by atoms with Crippen LogP contribution in [0.5, 0.6) is 0 Å². The van der Waals surface area contributed by atoms with E-state index >= 15 is 0 Å². The molecular formula is C13H24F3N. The Morgan fingerprint density at radius 2 is 1.76 bits per heavy atom. The number of hydrogen-bond donors (Lipinski definition) is 1. The highest BCUT2D eigenvalue weighted by molar-refractivity contribution is 4.80. The van der Waals surface area contributed by atoms with E-state index in [0.717, 1.165) is 5.92 Å². The molecule has 4 heteroatoms. The highest BCUT2D eigenvalue weighted by Crippen LogP contribution is 2.32. The molecule has 1 nitrogen and oxygen atoms in total. The summed E-state index contributed by atoms with van der Waals surface area (Å²) in [4.78, 5) is 0. The zero-order chi connectivity index (χ0) is 12.9. The first-order chi connectivity index (χ1) is 7.92. The second-order valence-electron chi connectivity index (χ2n) is 5.42. The van der Waals surface area contributed by atoms with Gasteiger partial charge in [-0.15, -0.1) is 0 Å². The van der Waals surface area contributed by atoms with E-state index in [9.17, 15) is 13.2 Å². The van der Waals surface area contributed by atoms with Crippen LogP contribution in [0.15, 0.2) is 0 Å². The average molecular weight is 251 g/mol. The quantitative estimate of drug-likeness (QED) is 0.774. The monoisotopic (exact) mass is 251 g/mol. The van der Waals surface area contributed by atoms with Gasteiger partial charge in [0.2, 0.25) is 0 Å². The Morgan fingerprint density at radius 1 is 1.18 bits per heavy atom. The van der Waals surface area contributed by atoms with Gasteiger partial charge in [-0.05, 0) is 44.6 Å². The topological polar surface area (TPSA) is 12.0 Å². The van der Waals surface area contributed by atoms with Gasteiger partial charge in [-0.25, -0.2) is 0 Å². The smallest absolute Gasteiger partial charge is 0.317 e. The Labute approximate surface area is 102 Å². The Kier molecular flexibility index (Phi) is 5.77. The maximum Gasteiger partial charge on any atom is 0.389 e. The summed E-state index contributed by atoms with van der Waals surface area (Å²) in [6, 6.07) is 0.268. The standard InChI is InChI=1S/C13H24F3N/c1-10-5-7-11(8-6-10)12(17-2)4-3-9-13(14,15)16/h10-12,17H,3-9H2,1-2H3. The maximum absolute atomic E-state index is 12.1. The SMILES string of the molecule is CNC(CCCC(F)(F)F)C1CCC(C)CC1. The second kappa shape index (κ2) is 6.62. The van der Waals surface area contributed by atoms with E-state index in [0.29, 0.717) is 12.3 Å². The van der Waals surface area contributed by atoms with Crippen molar-refractivity contribution in [3.63, 3.8) is 0 Å². The molecule has 1 fully saturated rings. The summed E-state index contributed by atoms with van der Waals surface area (Å²) < 4.78 is 36.2. The number of halogens is 3. The molecular weight excluding hydrogens is 227 g/mol. The number of nitrogens with one attached hydrogen (secondary N) is 1. The van der Waals surface area contributed by atoms with Crippen molar-refractivity contribution in [2.75, 3.05) is 7.05 Å². The first-order valence-corrected chi connectivity index (χ1v) is 6.66. The van der Waals surface area contributed by atoms with E-state index < -0.39 is 12.6 Å². The summed E-state index contributed by atoms with van der Waals surface area (Å²) in [5.41, 5.74) is 0. The molecule has 1 N–H and O–H groups in total. The van der Waals surface area contributed by atoms with Gasteiger partial charge in [-0.1, -0.05) is 19.8 Å². The summed E-state index contributed by atoms with van der Waals surface area (Å²) in [5.74, 6) is 1.36. The summed E-state index contributed by atoms with van der Waals surface area (Å²) >= 11 is 0. The molecule has 1 unspecified atom stereocenters. The molecule has 0 saturated heterocycles. The predicted molar refractivity (Wildman–Crippen MR) is 63.9 cm³/mol. The van der Waals surface area contributed by atoms with E-state index in [1.165, 1.54) is 25.7 Å². The minimum absolute atomic E-state index is 0.251. The van der Waals surface area contributed by atoms with Gasteiger partial charge >= 0.3 is 6.18 Å². The van der Waals surface area contributed by atoms with E-state index in [4.69, 9.17) is 0 Å². The van der Waals surface area contributed by atoms with Crippen molar-refractivity contribution in [3.05, 3.63) is 0 Å². The van der Waals surface area contributed by atoms with Gasteiger partial charge in [0.1, 0.15) is 0 Å². The molecule has 0 aromatic carbocycles. The van der Waals surface area contributed by atoms with Gasteiger partial charge in [0, 0.05) is 12.5 Å². The van der Waals surface area contributed by atoms with Crippen LogP contribution in [-0.2, 0) is 0 Å². The molecule has 0 spiro atoms. The van der Waals surface area contributed by atoms with E-state index in [1.54, 1.807) is 0 Å². The van der Waals surface area contributed by atoms with Crippen LogP contribution in [0.2, 0.25) is 0 Å². The number of alkyl halides is 3. The summed E-state index contributed by atoms with van der Waals surface area (Å²) in [5, 5.41) is 3.21. The largest absolute Gasteiger partial charge is 0.389 e. The maximum atomic E-state index is 12.1. The lowest BCUT2D eigenvalue weighted by atomic mass is 9.78. The van der Waals surface area contributed by atoms with Gasteiger partial charge in [0.25, 0.3) is 0 Å². The van der Waals surface area contributed by atoms with Crippen LogP contribution in [0, 0.1) is 11.8 Å². The molecule has 1 aliphatic rings. The van der Waals surface area contributed by atoms with Crippen LogP contribution in [-0.4, -0.2) is 19.3 Å². The Hall–Kier alpha value is -0.250. The fourth-order valence-corrected chi connectivity index (χ4v) is 2.83. The second-order valence-corrected chi connectivity index (χ2v) is 5.42. The van der Waals surface area contributed by atoms with Crippen molar-refractivity contribution < 1.29 is 13.2 Å². The summed E-state index contributed by atoms with van der Waals surface area (Å²) in [6.45, 7) is 2.26. The molecule has 102 valence electrons. The third-order valence-corrected chi connectivity index (χ3v) is 3.98. The molecule has 0 aliphatic heterocycles. The van der Waals surface area contributed by atoms with Gasteiger partial charge in [-0.3, -0.25) is 0 Å². The first-order valence-electron chi connectivity index (χ1n) is 6.66. The fourth-order valence-electron chi connectivity index (χ4n) is 2.83. The van der Waals surface area contributed by atoms with Gasteiger partial charge < -0.3 is 5.32 Å². The molecule has 1 rings (SSSR count). The first kappa shape index (κ1) is 14.8. The molecule has 0 aromatic heterocycles. The minimum atomic E-state index is -4.00. The van der Waals surface area contributed by atoms with E-state index in [-0.39, 0.29) is 12.5 Å². The van der Waals surface area contributed by atoms with Crippen LogP contribution in [0.25, 0.3) is 0 Å². The minimum Gasteiger partial charge on any atom is -0.317 e.